The van der Waals surface area contributed by atoms with Gasteiger partial charge in [0.05, 0.1) is 17.6 Å². The van der Waals surface area contributed by atoms with Gasteiger partial charge in [0.15, 0.2) is 6.61 Å². The number of anilines is 2. The smallest absolute Gasteiger partial charge is 0.262 e. The average molecular weight is 274 g/mol. The maximum Gasteiger partial charge on any atom is 0.262 e. The van der Waals surface area contributed by atoms with Crippen LogP contribution in [0.1, 0.15) is 19.9 Å². The summed E-state index contributed by atoms with van der Waals surface area (Å²) in [6, 6.07) is 7.30. The van der Waals surface area contributed by atoms with Crippen molar-refractivity contribution in [3.05, 3.63) is 36.7 Å². The lowest BCUT2D eigenvalue weighted by molar-refractivity contribution is -0.118. The van der Waals surface area contributed by atoms with E-state index in [4.69, 9.17) is 10.5 Å². The Hall–Kier alpha value is -2.50. The summed E-state index contributed by atoms with van der Waals surface area (Å²) in [7, 11) is 0. The highest BCUT2D eigenvalue weighted by Gasteiger charge is 2.07. The third kappa shape index (κ3) is 3.50. The molecule has 0 saturated carbocycles. The zero-order valence-corrected chi connectivity index (χ0v) is 11.5. The Morgan fingerprint density at radius 2 is 2.20 bits per heavy atom. The molecule has 0 bridgehead atoms. The van der Waals surface area contributed by atoms with Crippen molar-refractivity contribution in [2.24, 2.45) is 0 Å². The second-order valence-electron chi connectivity index (χ2n) is 4.68. The standard InChI is InChI=1S/C14H18N4O2/c1-10(2)18-8-11(7-16-18)17-14(19)9-20-13-6-4-3-5-12(13)15/h3-8,10H,9,15H2,1-2H3,(H,17,19). The quantitative estimate of drug-likeness (QED) is 0.818. The Labute approximate surface area is 117 Å². The molecule has 0 atom stereocenters. The second-order valence-corrected chi connectivity index (χ2v) is 4.68. The summed E-state index contributed by atoms with van der Waals surface area (Å²) in [6.07, 6.45) is 3.38. The van der Waals surface area contributed by atoms with Gasteiger partial charge in [-0.25, -0.2) is 0 Å². The van der Waals surface area contributed by atoms with Crippen LogP contribution in [0.3, 0.4) is 0 Å². The molecule has 0 saturated heterocycles. The normalized spacial score (nSPS) is 10.6. The molecular weight excluding hydrogens is 256 g/mol. The highest BCUT2D eigenvalue weighted by molar-refractivity contribution is 5.91. The van der Waals surface area contributed by atoms with Crippen molar-refractivity contribution in [3.63, 3.8) is 0 Å². The molecule has 1 heterocycles. The molecular formula is C14H18N4O2. The number of nitrogens with two attached hydrogens (primary N) is 1. The van der Waals surface area contributed by atoms with Crippen LogP contribution in [-0.2, 0) is 4.79 Å². The number of amides is 1. The molecule has 2 rings (SSSR count). The SMILES string of the molecule is CC(C)n1cc(NC(=O)COc2ccccc2N)cn1. The topological polar surface area (TPSA) is 82.2 Å². The fourth-order valence-corrected chi connectivity index (χ4v) is 1.64. The van der Waals surface area contributed by atoms with E-state index in [9.17, 15) is 4.79 Å². The maximum absolute atomic E-state index is 11.8. The van der Waals surface area contributed by atoms with Crippen molar-refractivity contribution >= 4 is 17.3 Å². The first-order valence-electron chi connectivity index (χ1n) is 6.37. The fourth-order valence-electron chi connectivity index (χ4n) is 1.64. The van der Waals surface area contributed by atoms with Crippen molar-refractivity contribution in [2.45, 2.75) is 19.9 Å². The predicted molar refractivity (Wildman–Crippen MR) is 77.6 cm³/mol. The Morgan fingerprint density at radius 1 is 1.45 bits per heavy atom. The zero-order chi connectivity index (χ0) is 14.5. The van der Waals surface area contributed by atoms with Gasteiger partial charge in [-0.2, -0.15) is 5.10 Å². The molecule has 6 heteroatoms. The molecule has 0 fully saturated rings. The maximum atomic E-state index is 11.8. The third-order valence-corrected chi connectivity index (χ3v) is 2.69. The van der Waals surface area contributed by atoms with Crippen molar-refractivity contribution < 1.29 is 9.53 Å². The van der Waals surface area contributed by atoms with Gasteiger partial charge in [-0.15, -0.1) is 0 Å². The minimum absolute atomic E-state index is 0.0962. The summed E-state index contributed by atoms with van der Waals surface area (Å²) in [4.78, 5) is 11.8. The van der Waals surface area contributed by atoms with Crippen LogP contribution in [0.5, 0.6) is 5.75 Å². The molecule has 0 spiro atoms. The fraction of sp³-hybridized carbons (Fsp3) is 0.286. The van der Waals surface area contributed by atoms with E-state index < -0.39 is 0 Å². The first kappa shape index (κ1) is 13.9. The number of aromatic nitrogens is 2. The van der Waals surface area contributed by atoms with Gasteiger partial charge >= 0.3 is 0 Å². The molecule has 2 aromatic rings. The van der Waals surface area contributed by atoms with Crippen LogP contribution in [0.2, 0.25) is 0 Å². The van der Waals surface area contributed by atoms with E-state index >= 15 is 0 Å². The summed E-state index contributed by atoms with van der Waals surface area (Å²) in [6.45, 7) is 3.93. The Bertz CT molecular complexity index is 592. The molecule has 0 aliphatic heterocycles. The van der Waals surface area contributed by atoms with E-state index in [2.05, 4.69) is 10.4 Å². The average Bonchev–Trinajstić information content (AvgIpc) is 2.86. The molecule has 0 radical (unpaired) electrons. The van der Waals surface area contributed by atoms with Gasteiger partial charge in [0, 0.05) is 12.2 Å². The van der Waals surface area contributed by atoms with Crippen LogP contribution >= 0.6 is 0 Å². The van der Waals surface area contributed by atoms with E-state index in [0.717, 1.165) is 0 Å². The minimum atomic E-state index is -0.253. The number of ether oxygens (including phenoxy) is 1. The van der Waals surface area contributed by atoms with Gasteiger partial charge in [0.1, 0.15) is 5.75 Å². The Balaban J connectivity index is 1.88. The van der Waals surface area contributed by atoms with E-state index in [1.807, 2.05) is 19.9 Å². The predicted octanol–water partition coefficient (Wildman–Crippen LogP) is 2.06. The lowest BCUT2D eigenvalue weighted by atomic mass is 10.3. The molecule has 6 nitrogen and oxygen atoms in total. The molecule has 3 N–H and O–H groups in total. The number of nitrogen functional groups attached to an aromatic ring is 1. The summed E-state index contributed by atoms with van der Waals surface area (Å²) >= 11 is 0. The number of hydrogen-bond acceptors (Lipinski definition) is 4. The van der Waals surface area contributed by atoms with Crippen molar-refractivity contribution in [2.75, 3.05) is 17.7 Å². The molecule has 1 aromatic carbocycles. The van der Waals surface area contributed by atoms with E-state index in [-0.39, 0.29) is 18.6 Å². The van der Waals surface area contributed by atoms with Gasteiger partial charge in [0.25, 0.3) is 5.91 Å². The summed E-state index contributed by atoms with van der Waals surface area (Å²) in [5, 5.41) is 6.86. The number of para-hydroxylation sites is 2. The summed E-state index contributed by atoms with van der Waals surface area (Å²) in [5.74, 6) is 0.247. The number of carbonyl (C=O) groups excluding carboxylic acids is 1. The van der Waals surface area contributed by atoms with Gasteiger partial charge < -0.3 is 15.8 Å². The van der Waals surface area contributed by atoms with E-state index in [0.29, 0.717) is 17.1 Å². The largest absolute Gasteiger partial charge is 0.482 e. The van der Waals surface area contributed by atoms with Crippen molar-refractivity contribution in [1.29, 1.82) is 0 Å². The highest BCUT2D eigenvalue weighted by atomic mass is 16.5. The number of rotatable bonds is 5. The van der Waals surface area contributed by atoms with Crippen molar-refractivity contribution in [1.82, 2.24) is 9.78 Å². The van der Waals surface area contributed by atoms with Crippen LogP contribution in [0.25, 0.3) is 0 Å². The monoisotopic (exact) mass is 274 g/mol. The molecule has 20 heavy (non-hydrogen) atoms. The van der Waals surface area contributed by atoms with E-state index in [1.54, 1.807) is 35.3 Å². The van der Waals surface area contributed by atoms with Crippen LogP contribution in [-0.4, -0.2) is 22.3 Å². The van der Waals surface area contributed by atoms with Gasteiger partial charge in [-0.05, 0) is 26.0 Å². The minimum Gasteiger partial charge on any atom is -0.482 e. The Kier molecular flexibility index (Phi) is 4.24. The van der Waals surface area contributed by atoms with Crippen molar-refractivity contribution in [3.8, 4) is 5.75 Å². The molecule has 106 valence electrons. The van der Waals surface area contributed by atoms with Gasteiger partial charge in [-0.3, -0.25) is 9.48 Å². The first-order chi connectivity index (χ1) is 9.56. The van der Waals surface area contributed by atoms with Gasteiger partial charge in [0.2, 0.25) is 0 Å². The number of hydrogen-bond donors (Lipinski definition) is 2. The number of benzene rings is 1. The molecule has 0 aliphatic carbocycles. The number of carbonyl (C=O) groups is 1. The lowest BCUT2D eigenvalue weighted by Crippen LogP contribution is -2.20. The molecule has 0 aliphatic rings. The van der Waals surface area contributed by atoms with Crippen LogP contribution in [0.4, 0.5) is 11.4 Å². The summed E-state index contributed by atoms with van der Waals surface area (Å²) in [5.41, 5.74) is 6.88. The molecule has 0 unspecified atom stereocenters. The molecule has 1 aromatic heterocycles. The van der Waals surface area contributed by atoms with Crippen LogP contribution in [0.15, 0.2) is 36.7 Å². The second kappa shape index (κ2) is 6.10. The van der Waals surface area contributed by atoms with E-state index in [1.165, 1.54) is 0 Å². The Morgan fingerprint density at radius 3 is 2.85 bits per heavy atom. The highest BCUT2D eigenvalue weighted by Crippen LogP contribution is 2.19. The van der Waals surface area contributed by atoms with Crippen LogP contribution < -0.4 is 15.8 Å². The molecule has 1 amide bonds. The third-order valence-electron chi connectivity index (χ3n) is 2.69. The zero-order valence-electron chi connectivity index (χ0n) is 11.5. The summed E-state index contributed by atoms with van der Waals surface area (Å²) < 4.78 is 7.13. The van der Waals surface area contributed by atoms with Crippen LogP contribution in [0, 0.1) is 0 Å². The van der Waals surface area contributed by atoms with Gasteiger partial charge in [-0.1, -0.05) is 12.1 Å². The number of nitrogens with zero attached hydrogens (tertiary/aromatic N) is 2. The first-order valence-corrected chi connectivity index (χ1v) is 6.37. The number of nitrogens with one attached hydrogen (secondary N) is 1. The lowest BCUT2D eigenvalue weighted by Gasteiger charge is -2.08.